The Balaban J connectivity index is 1.65. The van der Waals surface area contributed by atoms with Crippen molar-refractivity contribution in [1.82, 2.24) is 14.5 Å². The summed E-state index contributed by atoms with van der Waals surface area (Å²) in [6, 6.07) is 8.00. The normalized spacial score (nSPS) is 15.8. The lowest BCUT2D eigenvalue weighted by atomic mass is 9.98. The molecule has 0 spiro atoms. The van der Waals surface area contributed by atoms with E-state index in [1.54, 1.807) is 18.0 Å². The van der Waals surface area contributed by atoms with Gasteiger partial charge in [-0.25, -0.2) is 4.98 Å². The Morgan fingerprint density at radius 1 is 1.35 bits per heavy atom. The highest BCUT2D eigenvalue weighted by Crippen LogP contribution is 2.22. The largest absolute Gasteiger partial charge is 0.339 e. The number of hydrogen-bond acceptors (Lipinski definition) is 3. The van der Waals surface area contributed by atoms with Crippen LogP contribution in [0.5, 0.6) is 0 Å². The van der Waals surface area contributed by atoms with Crippen LogP contribution in [0.15, 0.2) is 41.8 Å². The second-order valence-electron chi connectivity index (χ2n) is 6.28. The van der Waals surface area contributed by atoms with E-state index in [1.807, 2.05) is 40.9 Å². The van der Waals surface area contributed by atoms with E-state index >= 15 is 0 Å². The van der Waals surface area contributed by atoms with Gasteiger partial charge in [0.15, 0.2) is 5.16 Å². The van der Waals surface area contributed by atoms with E-state index in [2.05, 4.69) is 18.0 Å². The Morgan fingerprint density at radius 2 is 2.13 bits per heavy atom. The van der Waals surface area contributed by atoms with Gasteiger partial charge in [-0.05, 0) is 36.5 Å². The topological polar surface area (TPSA) is 38.1 Å². The van der Waals surface area contributed by atoms with Crippen molar-refractivity contribution in [1.29, 1.82) is 0 Å². The molecule has 1 aromatic carbocycles. The van der Waals surface area contributed by atoms with Crippen molar-refractivity contribution in [2.75, 3.05) is 13.1 Å². The van der Waals surface area contributed by atoms with E-state index in [1.165, 1.54) is 0 Å². The number of rotatable bonds is 4. The first-order valence-corrected chi connectivity index (χ1v) is 9.10. The van der Waals surface area contributed by atoms with Crippen molar-refractivity contribution >= 4 is 17.7 Å². The van der Waals surface area contributed by atoms with Crippen LogP contribution in [0.2, 0.25) is 0 Å². The van der Waals surface area contributed by atoms with E-state index in [0.29, 0.717) is 0 Å². The molecule has 3 rings (SSSR count). The molecule has 0 aliphatic carbocycles. The van der Waals surface area contributed by atoms with Crippen molar-refractivity contribution in [3.8, 4) is 0 Å². The predicted octanol–water partition coefficient (Wildman–Crippen LogP) is 3.58. The third kappa shape index (κ3) is 3.96. The molecule has 0 N–H and O–H groups in total. The molecule has 0 saturated carbocycles. The van der Waals surface area contributed by atoms with E-state index in [4.69, 9.17) is 0 Å². The zero-order valence-electron chi connectivity index (χ0n) is 13.7. The fourth-order valence-corrected chi connectivity index (χ4v) is 3.70. The van der Waals surface area contributed by atoms with Crippen molar-refractivity contribution in [3.63, 3.8) is 0 Å². The van der Waals surface area contributed by atoms with E-state index in [0.717, 1.165) is 53.9 Å². The number of imidazole rings is 1. The summed E-state index contributed by atoms with van der Waals surface area (Å²) < 4.78 is 2.01. The van der Waals surface area contributed by atoms with Crippen LogP contribution >= 0.6 is 11.8 Å². The van der Waals surface area contributed by atoms with Crippen LogP contribution in [0.25, 0.3) is 0 Å². The molecule has 1 aromatic heterocycles. The fraction of sp³-hybridized carbons (Fsp3) is 0.444. The first kappa shape index (κ1) is 16.1. The average Bonchev–Trinajstić information content (AvgIpc) is 2.98. The summed E-state index contributed by atoms with van der Waals surface area (Å²) in [6.45, 7) is 4.02. The molecule has 1 aliphatic rings. The van der Waals surface area contributed by atoms with Crippen LogP contribution in [-0.2, 0) is 12.8 Å². The fourth-order valence-electron chi connectivity index (χ4n) is 2.83. The smallest absolute Gasteiger partial charge is 0.253 e. The highest BCUT2D eigenvalue weighted by atomic mass is 32.2. The van der Waals surface area contributed by atoms with Gasteiger partial charge in [-0.1, -0.05) is 30.8 Å². The number of aromatic nitrogens is 2. The van der Waals surface area contributed by atoms with Crippen molar-refractivity contribution in [2.45, 2.75) is 30.7 Å². The van der Waals surface area contributed by atoms with Gasteiger partial charge in [0.25, 0.3) is 5.91 Å². The molecule has 5 heteroatoms. The van der Waals surface area contributed by atoms with E-state index < -0.39 is 0 Å². The minimum absolute atomic E-state index is 0.167. The molecule has 0 atom stereocenters. The number of aryl methyl sites for hydroxylation is 1. The van der Waals surface area contributed by atoms with Crippen LogP contribution in [-0.4, -0.2) is 33.4 Å². The number of carbonyl (C=O) groups excluding carboxylic acids is 1. The molecule has 0 bridgehead atoms. The number of hydrogen-bond donors (Lipinski definition) is 0. The predicted molar refractivity (Wildman–Crippen MR) is 93.5 cm³/mol. The lowest BCUT2D eigenvalue weighted by Gasteiger charge is -2.30. The Bertz CT molecular complexity index is 674. The number of nitrogens with zero attached hydrogens (tertiary/aromatic N) is 3. The number of carbonyl (C=O) groups is 1. The third-order valence-corrected chi connectivity index (χ3v) is 5.52. The summed E-state index contributed by atoms with van der Waals surface area (Å²) in [5.74, 6) is 1.73. The molecular formula is C18H23N3OS. The first-order chi connectivity index (χ1) is 11.1. The summed E-state index contributed by atoms with van der Waals surface area (Å²) in [4.78, 5) is 19.0. The molecule has 0 radical (unpaired) electrons. The highest BCUT2D eigenvalue weighted by molar-refractivity contribution is 7.98. The molecular weight excluding hydrogens is 306 g/mol. The maximum atomic E-state index is 12.6. The zero-order chi connectivity index (χ0) is 16.2. The molecule has 1 fully saturated rings. The summed E-state index contributed by atoms with van der Waals surface area (Å²) in [7, 11) is 1.99. The maximum Gasteiger partial charge on any atom is 0.253 e. The second-order valence-corrected chi connectivity index (χ2v) is 7.23. The van der Waals surface area contributed by atoms with Crippen molar-refractivity contribution in [3.05, 3.63) is 47.8 Å². The Hall–Kier alpha value is -1.75. The molecule has 1 saturated heterocycles. The van der Waals surface area contributed by atoms with Crippen molar-refractivity contribution in [2.24, 2.45) is 13.0 Å². The van der Waals surface area contributed by atoms with Gasteiger partial charge in [0.1, 0.15) is 0 Å². The van der Waals surface area contributed by atoms with Crippen LogP contribution in [0.4, 0.5) is 0 Å². The number of piperidine rings is 1. The van der Waals surface area contributed by atoms with Gasteiger partial charge in [-0.2, -0.15) is 0 Å². The van der Waals surface area contributed by atoms with Gasteiger partial charge < -0.3 is 9.47 Å². The Morgan fingerprint density at radius 3 is 2.83 bits per heavy atom. The Kier molecular flexibility index (Phi) is 5.06. The van der Waals surface area contributed by atoms with Gasteiger partial charge >= 0.3 is 0 Å². The monoisotopic (exact) mass is 329 g/mol. The molecule has 23 heavy (non-hydrogen) atoms. The molecule has 2 heterocycles. The van der Waals surface area contributed by atoms with Crippen LogP contribution < -0.4 is 0 Å². The Labute approximate surface area is 141 Å². The summed E-state index contributed by atoms with van der Waals surface area (Å²) >= 11 is 1.69. The number of amides is 1. The van der Waals surface area contributed by atoms with Crippen molar-refractivity contribution < 1.29 is 4.79 Å². The van der Waals surface area contributed by atoms with Gasteiger partial charge in [0, 0.05) is 43.8 Å². The second kappa shape index (κ2) is 7.21. The molecule has 2 aromatic rings. The standard InChI is InChI=1S/C18H23N3OS/c1-14-6-9-21(10-7-14)17(22)16-5-3-4-15(12-16)13-23-18-19-8-11-20(18)2/h3-5,8,11-12,14H,6-7,9-10,13H2,1-2H3. The highest BCUT2D eigenvalue weighted by Gasteiger charge is 2.21. The summed E-state index contributed by atoms with van der Waals surface area (Å²) in [5, 5.41) is 0.992. The lowest BCUT2D eigenvalue weighted by Crippen LogP contribution is -2.37. The van der Waals surface area contributed by atoms with Crippen LogP contribution in [0, 0.1) is 5.92 Å². The van der Waals surface area contributed by atoms with Gasteiger partial charge in [0.05, 0.1) is 0 Å². The molecule has 0 unspecified atom stereocenters. The minimum Gasteiger partial charge on any atom is -0.339 e. The summed E-state index contributed by atoms with van der Waals surface area (Å²) in [6.07, 6.45) is 5.97. The summed E-state index contributed by atoms with van der Waals surface area (Å²) in [5.41, 5.74) is 1.96. The molecule has 122 valence electrons. The van der Waals surface area contributed by atoms with Crippen LogP contribution in [0.1, 0.15) is 35.7 Å². The van der Waals surface area contributed by atoms with E-state index in [9.17, 15) is 4.79 Å². The molecule has 1 aliphatic heterocycles. The number of benzene rings is 1. The lowest BCUT2D eigenvalue weighted by molar-refractivity contribution is 0.0697. The van der Waals surface area contributed by atoms with Crippen LogP contribution in [0.3, 0.4) is 0 Å². The SMILES string of the molecule is CC1CCN(C(=O)c2cccc(CSc3nccn3C)c2)CC1. The van der Waals surface area contributed by atoms with Gasteiger partial charge in [-0.3, -0.25) is 4.79 Å². The first-order valence-electron chi connectivity index (χ1n) is 8.12. The minimum atomic E-state index is 0.167. The molecule has 1 amide bonds. The zero-order valence-corrected chi connectivity index (χ0v) is 14.6. The van der Waals surface area contributed by atoms with E-state index in [-0.39, 0.29) is 5.91 Å². The average molecular weight is 329 g/mol. The number of likely N-dealkylation sites (tertiary alicyclic amines) is 1. The molecule has 4 nitrogen and oxygen atoms in total. The quantitative estimate of drug-likeness (QED) is 0.805. The maximum absolute atomic E-state index is 12.6. The number of thioether (sulfide) groups is 1. The van der Waals surface area contributed by atoms with Gasteiger partial charge in [0.2, 0.25) is 0 Å². The third-order valence-electron chi connectivity index (χ3n) is 4.39. The van der Waals surface area contributed by atoms with Gasteiger partial charge in [-0.15, -0.1) is 0 Å².